The van der Waals surface area contributed by atoms with Crippen LogP contribution in [-0.2, 0) is 27.5 Å². The lowest BCUT2D eigenvalue weighted by atomic mass is 10.0. The van der Waals surface area contributed by atoms with Crippen molar-refractivity contribution in [2.75, 3.05) is 5.32 Å². The smallest absolute Gasteiger partial charge is 0.368 e. The Balaban J connectivity index is 1.91. The van der Waals surface area contributed by atoms with Gasteiger partial charge in [0.15, 0.2) is 0 Å². The van der Waals surface area contributed by atoms with Crippen molar-refractivity contribution < 1.29 is 26.4 Å². The summed E-state index contributed by atoms with van der Waals surface area (Å²) < 4.78 is 66.1. The van der Waals surface area contributed by atoms with E-state index in [4.69, 9.17) is 17.3 Å². The van der Waals surface area contributed by atoms with Crippen molar-refractivity contribution in [2.45, 2.75) is 37.5 Å². The van der Waals surface area contributed by atoms with Crippen LogP contribution >= 0.6 is 11.6 Å². The van der Waals surface area contributed by atoms with Gasteiger partial charge in [-0.1, -0.05) is 37.6 Å². The molecule has 3 aromatic rings. The van der Waals surface area contributed by atoms with Gasteiger partial charge in [-0.2, -0.15) is 13.2 Å². The minimum atomic E-state index is -4.67. The first-order valence-corrected chi connectivity index (χ1v) is 11.8. The van der Waals surface area contributed by atoms with Crippen LogP contribution in [0.15, 0.2) is 47.4 Å². The number of halogens is 4. The zero-order valence-corrected chi connectivity index (χ0v) is 19.6. The lowest BCUT2D eigenvalue weighted by Crippen LogP contribution is -2.40. The average Bonchev–Trinajstić information content (AvgIpc) is 2.74. The highest BCUT2D eigenvalue weighted by molar-refractivity contribution is 7.89. The number of sulfonamides is 1. The van der Waals surface area contributed by atoms with E-state index in [0.717, 1.165) is 6.07 Å². The molecule has 3 rings (SSSR count). The van der Waals surface area contributed by atoms with Crippen molar-refractivity contribution in [1.82, 2.24) is 14.7 Å². The minimum Gasteiger partial charge on any atom is -0.368 e. The first-order valence-electron chi connectivity index (χ1n) is 9.97. The Morgan fingerprint density at radius 1 is 1.15 bits per heavy atom. The molecule has 1 amide bonds. The summed E-state index contributed by atoms with van der Waals surface area (Å²) in [5, 5.41) is 3.00. The molecule has 34 heavy (non-hydrogen) atoms. The number of benzene rings is 2. The molecule has 0 fully saturated rings. The number of rotatable bonds is 8. The Labute approximate surface area is 198 Å². The fourth-order valence-electron chi connectivity index (χ4n) is 3.16. The second-order valence-corrected chi connectivity index (χ2v) is 9.88. The topological polar surface area (TPSA) is 127 Å². The standard InChI is InChI=1S/C21H21ClF3N5O3S/c1-11(2)18(19(26)31)30-20-13-5-3-4-6-15(13)28-17(29-20)10-27-34(32,33)16-8-7-12(9-14(16)22)21(23,24)25/h3-9,11,18,27H,10H2,1-2H3,(H2,26,31)(H,28,29,30)/t18-/m0/s1. The Morgan fingerprint density at radius 3 is 2.41 bits per heavy atom. The molecule has 0 radical (unpaired) electrons. The van der Waals surface area contributed by atoms with Crippen molar-refractivity contribution in [3.63, 3.8) is 0 Å². The van der Waals surface area contributed by atoms with Crippen molar-refractivity contribution in [1.29, 1.82) is 0 Å². The van der Waals surface area contributed by atoms with E-state index < -0.39 is 43.6 Å². The Kier molecular flexibility index (Phi) is 7.34. The van der Waals surface area contributed by atoms with Crippen molar-refractivity contribution in [3.8, 4) is 0 Å². The van der Waals surface area contributed by atoms with E-state index in [0.29, 0.717) is 23.0 Å². The molecule has 13 heteroatoms. The Morgan fingerprint density at radius 2 is 1.82 bits per heavy atom. The van der Waals surface area contributed by atoms with Gasteiger partial charge >= 0.3 is 6.18 Å². The number of hydrogen-bond acceptors (Lipinski definition) is 6. The van der Waals surface area contributed by atoms with Gasteiger partial charge in [0, 0.05) is 5.39 Å². The zero-order chi connectivity index (χ0) is 25.3. The van der Waals surface area contributed by atoms with Gasteiger partial charge in [-0.3, -0.25) is 4.79 Å². The molecule has 1 aromatic heterocycles. The normalized spacial score (nSPS) is 13.3. The maximum Gasteiger partial charge on any atom is 0.416 e. The Bertz CT molecular complexity index is 1330. The molecule has 0 spiro atoms. The highest BCUT2D eigenvalue weighted by Gasteiger charge is 2.32. The summed E-state index contributed by atoms with van der Waals surface area (Å²) in [5.41, 5.74) is 4.89. The second kappa shape index (κ2) is 9.72. The lowest BCUT2D eigenvalue weighted by Gasteiger charge is -2.21. The molecule has 0 unspecified atom stereocenters. The molecule has 2 aromatic carbocycles. The van der Waals surface area contributed by atoms with Crippen LogP contribution in [0.4, 0.5) is 19.0 Å². The number of nitrogens with zero attached hydrogens (tertiary/aromatic N) is 2. The number of nitrogens with one attached hydrogen (secondary N) is 2. The van der Waals surface area contributed by atoms with E-state index in [2.05, 4.69) is 20.0 Å². The number of amides is 1. The number of carbonyl (C=O) groups is 1. The van der Waals surface area contributed by atoms with Crippen LogP contribution in [0.25, 0.3) is 10.9 Å². The molecular formula is C21H21ClF3N5O3S. The summed E-state index contributed by atoms with van der Waals surface area (Å²) in [6, 6.07) is 8.10. The van der Waals surface area contributed by atoms with Crippen LogP contribution in [0.1, 0.15) is 25.2 Å². The highest BCUT2D eigenvalue weighted by atomic mass is 35.5. The van der Waals surface area contributed by atoms with Gasteiger partial charge in [-0.15, -0.1) is 0 Å². The zero-order valence-electron chi connectivity index (χ0n) is 18.0. The van der Waals surface area contributed by atoms with Crippen LogP contribution in [0.3, 0.4) is 0 Å². The molecular weight excluding hydrogens is 495 g/mol. The van der Waals surface area contributed by atoms with Crippen LogP contribution in [0.2, 0.25) is 5.02 Å². The molecule has 0 saturated heterocycles. The molecule has 1 heterocycles. The van der Waals surface area contributed by atoms with Crippen molar-refractivity contribution in [2.24, 2.45) is 11.7 Å². The number of fused-ring (bicyclic) bond motifs is 1. The van der Waals surface area contributed by atoms with E-state index in [-0.39, 0.29) is 24.1 Å². The first kappa shape index (κ1) is 25.7. The maximum absolute atomic E-state index is 12.8. The summed E-state index contributed by atoms with van der Waals surface area (Å²) >= 11 is 5.82. The Hall–Kier alpha value is -2.96. The lowest BCUT2D eigenvalue weighted by molar-refractivity contribution is -0.137. The van der Waals surface area contributed by atoms with Crippen LogP contribution < -0.4 is 15.8 Å². The van der Waals surface area contributed by atoms with Crippen LogP contribution in [-0.4, -0.2) is 30.3 Å². The third kappa shape index (κ3) is 5.75. The van der Waals surface area contributed by atoms with E-state index in [1.807, 2.05) is 0 Å². The molecule has 4 N–H and O–H groups in total. The number of alkyl halides is 3. The summed E-state index contributed by atoms with van der Waals surface area (Å²) in [4.78, 5) is 20.0. The molecule has 0 bridgehead atoms. The number of anilines is 1. The fraction of sp³-hybridized carbons (Fsp3) is 0.286. The first-order chi connectivity index (χ1) is 15.8. The van der Waals surface area contributed by atoms with E-state index in [1.54, 1.807) is 38.1 Å². The number of para-hydroxylation sites is 1. The number of nitrogens with two attached hydrogens (primary N) is 1. The molecule has 182 valence electrons. The average molecular weight is 516 g/mol. The number of primary amides is 1. The van der Waals surface area contributed by atoms with Gasteiger partial charge < -0.3 is 11.1 Å². The van der Waals surface area contributed by atoms with Crippen LogP contribution in [0.5, 0.6) is 0 Å². The van der Waals surface area contributed by atoms with Crippen molar-refractivity contribution >= 4 is 44.3 Å². The molecule has 0 saturated carbocycles. The fourth-order valence-corrected chi connectivity index (χ4v) is 4.68. The van der Waals surface area contributed by atoms with Gasteiger partial charge in [0.05, 0.1) is 22.6 Å². The number of hydrogen-bond donors (Lipinski definition) is 3. The maximum atomic E-state index is 12.8. The number of carbonyl (C=O) groups excluding carboxylic acids is 1. The van der Waals surface area contributed by atoms with Gasteiger partial charge in [0.25, 0.3) is 0 Å². The second-order valence-electron chi connectivity index (χ2n) is 7.74. The van der Waals surface area contributed by atoms with Crippen LogP contribution in [0, 0.1) is 5.92 Å². The van der Waals surface area contributed by atoms with E-state index in [9.17, 15) is 26.4 Å². The third-order valence-electron chi connectivity index (χ3n) is 4.88. The van der Waals surface area contributed by atoms with E-state index in [1.165, 1.54) is 0 Å². The SMILES string of the molecule is CC(C)[C@H](Nc1nc(CNS(=O)(=O)c2ccc(C(F)(F)F)cc2Cl)nc2ccccc12)C(N)=O. The minimum absolute atomic E-state index is 0.0554. The monoisotopic (exact) mass is 515 g/mol. The highest BCUT2D eigenvalue weighted by Crippen LogP contribution is 2.33. The van der Waals surface area contributed by atoms with Gasteiger partial charge in [0.1, 0.15) is 22.6 Å². The van der Waals surface area contributed by atoms with Crippen molar-refractivity contribution in [3.05, 3.63) is 58.9 Å². The van der Waals surface area contributed by atoms with Gasteiger partial charge in [-0.25, -0.2) is 23.1 Å². The molecule has 0 aliphatic rings. The molecule has 1 atom stereocenters. The molecule has 8 nitrogen and oxygen atoms in total. The predicted molar refractivity (Wildman–Crippen MR) is 121 cm³/mol. The summed E-state index contributed by atoms with van der Waals surface area (Å²) in [7, 11) is -4.29. The summed E-state index contributed by atoms with van der Waals surface area (Å²) in [6.07, 6.45) is -4.67. The molecule has 0 aliphatic carbocycles. The summed E-state index contributed by atoms with van der Waals surface area (Å²) in [5.74, 6) is -0.406. The quantitative estimate of drug-likeness (QED) is 0.420. The van der Waals surface area contributed by atoms with Gasteiger partial charge in [0.2, 0.25) is 15.9 Å². The van der Waals surface area contributed by atoms with E-state index >= 15 is 0 Å². The predicted octanol–water partition coefficient (Wildman–Crippen LogP) is 3.70. The number of aromatic nitrogens is 2. The molecule has 0 aliphatic heterocycles. The van der Waals surface area contributed by atoms with Gasteiger partial charge in [-0.05, 0) is 36.2 Å². The summed E-state index contributed by atoms with van der Waals surface area (Å²) in [6.45, 7) is 3.21. The largest absolute Gasteiger partial charge is 0.416 e. The third-order valence-corrected chi connectivity index (χ3v) is 6.77.